The minimum atomic E-state index is -0.103. The quantitative estimate of drug-likeness (QED) is 0.481. The molecule has 1 aliphatic rings. The van der Waals surface area contributed by atoms with Crippen molar-refractivity contribution in [2.45, 2.75) is 19.8 Å². The van der Waals surface area contributed by atoms with Crippen molar-refractivity contribution in [3.05, 3.63) is 83.9 Å². The van der Waals surface area contributed by atoms with Gasteiger partial charge in [-0.15, -0.1) is 0 Å². The van der Waals surface area contributed by atoms with E-state index in [1.807, 2.05) is 84.6 Å². The van der Waals surface area contributed by atoms with Crippen molar-refractivity contribution >= 4 is 17.5 Å². The van der Waals surface area contributed by atoms with E-state index in [4.69, 9.17) is 9.47 Å². The Bertz CT molecular complexity index is 1150. The topological polar surface area (TPSA) is 71.1 Å². The van der Waals surface area contributed by atoms with Crippen LogP contribution in [0.3, 0.4) is 0 Å². The summed E-state index contributed by atoms with van der Waals surface area (Å²) in [7, 11) is 1.64. The molecule has 3 aromatic carbocycles. The maximum Gasteiger partial charge on any atom is 0.238 e. The van der Waals surface area contributed by atoms with Gasteiger partial charge in [0.2, 0.25) is 11.8 Å². The lowest BCUT2D eigenvalue weighted by Gasteiger charge is -2.34. The molecular formula is C29H33N3O4. The number of piperazine rings is 1. The molecule has 0 bridgehead atoms. The van der Waals surface area contributed by atoms with Gasteiger partial charge in [0.15, 0.2) is 5.75 Å². The summed E-state index contributed by atoms with van der Waals surface area (Å²) in [6, 6.07) is 23.0. The first-order valence-corrected chi connectivity index (χ1v) is 12.3. The predicted octanol–water partition coefficient (Wildman–Crippen LogP) is 4.51. The number of benzene rings is 3. The predicted molar refractivity (Wildman–Crippen MR) is 141 cm³/mol. The Morgan fingerprint density at radius 1 is 0.861 bits per heavy atom. The van der Waals surface area contributed by atoms with Gasteiger partial charge in [0.05, 0.1) is 19.3 Å². The van der Waals surface area contributed by atoms with Crippen LogP contribution in [0, 0.1) is 6.92 Å². The highest BCUT2D eigenvalue weighted by molar-refractivity contribution is 5.93. The Kier molecular flexibility index (Phi) is 8.57. The van der Waals surface area contributed by atoms with Gasteiger partial charge in [-0.25, -0.2) is 0 Å². The van der Waals surface area contributed by atoms with Crippen LogP contribution in [-0.2, 0) is 16.0 Å². The molecule has 0 atom stereocenters. The molecule has 0 aliphatic carbocycles. The standard InChI is InChI=1S/C29H33N3O4/c1-22-7-12-25(13-8-22)36-27-6-4-3-5-26(27)30-28(33)21-31-17-19-32(20-18-31)29(34)16-11-23-9-14-24(35-2)15-10-23/h3-10,12-15H,11,16-21H2,1-2H3,(H,30,33). The zero-order valence-corrected chi connectivity index (χ0v) is 20.9. The molecule has 1 fully saturated rings. The summed E-state index contributed by atoms with van der Waals surface area (Å²) >= 11 is 0. The highest BCUT2D eigenvalue weighted by atomic mass is 16.5. The van der Waals surface area contributed by atoms with Crippen LogP contribution < -0.4 is 14.8 Å². The minimum Gasteiger partial charge on any atom is -0.497 e. The average molecular weight is 488 g/mol. The number of ether oxygens (including phenoxy) is 2. The summed E-state index contributed by atoms with van der Waals surface area (Å²) in [5.74, 6) is 2.18. The number of nitrogens with one attached hydrogen (secondary N) is 1. The molecule has 0 unspecified atom stereocenters. The van der Waals surface area contributed by atoms with Gasteiger partial charge in [0.1, 0.15) is 11.5 Å². The molecular weight excluding hydrogens is 454 g/mol. The number of rotatable bonds is 9. The molecule has 7 heteroatoms. The van der Waals surface area contributed by atoms with Crippen LogP contribution in [0.1, 0.15) is 17.5 Å². The molecule has 1 heterocycles. The second-order valence-corrected chi connectivity index (χ2v) is 8.96. The van der Waals surface area contributed by atoms with E-state index in [1.54, 1.807) is 7.11 Å². The van der Waals surface area contributed by atoms with Gasteiger partial charge in [-0.3, -0.25) is 14.5 Å². The number of carbonyl (C=O) groups excluding carboxylic acids is 2. The fourth-order valence-corrected chi connectivity index (χ4v) is 4.14. The molecule has 0 radical (unpaired) electrons. The molecule has 0 spiro atoms. The highest BCUT2D eigenvalue weighted by Crippen LogP contribution is 2.29. The van der Waals surface area contributed by atoms with E-state index in [1.165, 1.54) is 0 Å². The Morgan fingerprint density at radius 2 is 1.53 bits per heavy atom. The maximum atomic E-state index is 12.8. The third-order valence-electron chi connectivity index (χ3n) is 6.29. The fraction of sp³-hybridized carbons (Fsp3) is 0.310. The average Bonchev–Trinajstić information content (AvgIpc) is 2.90. The Morgan fingerprint density at radius 3 is 2.22 bits per heavy atom. The van der Waals surface area contributed by atoms with E-state index in [2.05, 4.69) is 10.2 Å². The maximum absolute atomic E-state index is 12.8. The summed E-state index contributed by atoms with van der Waals surface area (Å²) in [6.45, 7) is 4.89. The van der Waals surface area contributed by atoms with Crippen LogP contribution >= 0.6 is 0 Å². The summed E-state index contributed by atoms with van der Waals surface area (Å²) in [6.07, 6.45) is 1.18. The van der Waals surface area contributed by atoms with E-state index in [-0.39, 0.29) is 18.4 Å². The van der Waals surface area contributed by atoms with Gasteiger partial charge in [-0.05, 0) is 55.3 Å². The van der Waals surface area contributed by atoms with E-state index >= 15 is 0 Å². The third-order valence-corrected chi connectivity index (χ3v) is 6.29. The fourth-order valence-electron chi connectivity index (χ4n) is 4.14. The summed E-state index contributed by atoms with van der Waals surface area (Å²) in [5, 5.41) is 2.97. The Balaban J connectivity index is 1.22. The van der Waals surface area contributed by atoms with Gasteiger partial charge < -0.3 is 19.7 Å². The zero-order chi connectivity index (χ0) is 25.3. The second kappa shape index (κ2) is 12.2. The van der Waals surface area contributed by atoms with Gasteiger partial charge in [-0.1, -0.05) is 42.0 Å². The molecule has 7 nitrogen and oxygen atoms in total. The number of hydrogen-bond donors (Lipinski definition) is 1. The van der Waals surface area contributed by atoms with Crippen LogP contribution in [0.25, 0.3) is 0 Å². The lowest BCUT2D eigenvalue weighted by atomic mass is 10.1. The largest absolute Gasteiger partial charge is 0.497 e. The monoisotopic (exact) mass is 487 g/mol. The number of hydrogen-bond acceptors (Lipinski definition) is 5. The lowest BCUT2D eigenvalue weighted by Crippen LogP contribution is -2.50. The number of carbonyl (C=O) groups is 2. The molecule has 1 saturated heterocycles. The zero-order valence-electron chi connectivity index (χ0n) is 20.9. The van der Waals surface area contributed by atoms with Crippen LogP contribution in [0.15, 0.2) is 72.8 Å². The molecule has 0 saturated carbocycles. The molecule has 1 N–H and O–H groups in total. The van der Waals surface area contributed by atoms with Crippen molar-refractivity contribution in [3.63, 3.8) is 0 Å². The summed E-state index contributed by atoms with van der Waals surface area (Å²) < 4.78 is 11.2. The van der Waals surface area contributed by atoms with E-state index < -0.39 is 0 Å². The SMILES string of the molecule is COc1ccc(CCC(=O)N2CCN(CC(=O)Nc3ccccc3Oc3ccc(C)cc3)CC2)cc1. The first-order chi connectivity index (χ1) is 17.5. The third kappa shape index (κ3) is 7.09. The molecule has 4 rings (SSSR count). The number of methoxy groups -OCH3 is 1. The van der Waals surface area contributed by atoms with E-state index in [0.29, 0.717) is 50.5 Å². The Hall–Kier alpha value is -3.84. The molecule has 0 aromatic heterocycles. The molecule has 3 aromatic rings. The number of para-hydroxylation sites is 2. The van der Waals surface area contributed by atoms with Crippen molar-refractivity contribution in [1.29, 1.82) is 0 Å². The van der Waals surface area contributed by atoms with Crippen LogP contribution in [0.4, 0.5) is 5.69 Å². The number of aryl methyl sites for hydroxylation is 2. The smallest absolute Gasteiger partial charge is 0.238 e. The first kappa shape index (κ1) is 25.3. The molecule has 36 heavy (non-hydrogen) atoms. The van der Waals surface area contributed by atoms with Crippen molar-refractivity contribution in [1.82, 2.24) is 9.80 Å². The number of amides is 2. The molecule has 188 valence electrons. The van der Waals surface area contributed by atoms with E-state index in [9.17, 15) is 9.59 Å². The van der Waals surface area contributed by atoms with Crippen LogP contribution in [0.2, 0.25) is 0 Å². The van der Waals surface area contributed by atoms with Crippen molar-refractivity contribution in [2.75, 3.05) is 45.2 Å². The van der Waals surface area contributed by atoms with Gasteiger partial charge in [0.25, 0.3) is 0 Å². The van der Waals surface area contributed by atoms with Crippen LogP contribution in [-0.4, -0.2) is 61.4 Å². The van der Waals surface area contributed by atoms with Gasteiger partial charge >= 0.3 is 0 Å². The minimum absolute atomic E-state index is 0.103. The van der Waals surface area contributed by atoms with Crippen molar-refractivity contribution in [2.24, 2.45) is 0 Å². The highest BCUT2D eigenvalue weighted by Gasteiger charge is 2.22. The van der Waals surface area contributed by atoms with Crippen molar-refractivity contribution < 1.29 is 19.1 Å². The summed E-state index contributed by atoms with van der Waals surface area (Å²) in [5.41, 5.74) is 2.91. The summed E-state index contributed by atoms with van der Waals surface area (Å²) in [4.78, 5) is 29.4. The molecule has 1 aliphatic heterocycles. The Labute approximate surface area is 212 Å². The van der Waals surface area contributed by atoms with Gasteiger partial charge in [-0.2, -0.15) is 0 Å². The van der Waals surface area contributed by atoms with Gasteiger partial charge in [0, 0.05) is 32.6 Å². The van der Waals surface area contributed by atoms with E-state index in [0.717, 1.165) is 22.6 Å². The molecule has 2 amide bonds. The van der Waals surface area contributed by atoms with Crippen molar-refractivity contribution in [3.8, 4) is 17.2 Å². The second-order valence-electron chi connectivity index (χ2n) is 8.96. The first-order valence-electron chi connectivity index (χ1n) is 12.3. The van der Waals surface area contributed by atoms with Crippen LogP contribution in [0.5, 0.6) is 17.2 Å². The number of anilines is 1. The number of nitrogens with zero attached hydrogens (tertiary/aromatic N) is 2. The normalized spacial score (nSPS) is 13.8. The lowest BCUT2D eigenvalue weighted by molar-refractivity contribution is -0.133.